The lowest BCUT2D eigenvalue weighted by Crippen LogP contribution is -2.42. The first-order valence-electron chi connectivity index (χ1n) is 7.95. The van der Waals surface area contributed by atoms with Crippen LogP contribution < -0.4 is 10.5 Å². The number of nitrogens with one attached hydrogen (secondary N) is 1. The minimum atomic E-state index is -3.64. The molecular formula is C16H25N3O3S. The highest BCUT2D eigenvalue weighted by molar-refractivity contribution is 7.89. The second-order valence-corrected chi connectivity index (χ2v) is 7.89. The van der Waals surface area contributed by atoms with Gasteiger partial charge in [0.1, 0.15) is 0 Å². The van der Waals surface area contributed by atoms with Crippen molar-refractivity contribution < 1.29 is 13.2 Å². The van der Waals surface area contributed by atoms with Gasteiger partial charge in [0, 0.05) is 24.7 Å². The summed E-state index contributed by atoms with van der Waals surface area (Å²) < 4.78 is 27.3. The first-order valence-corrected chi connectivity index (χ1v) is 9.44. The van der Waals surface area contributed by atoms with Crippen molar-refractivity contribution in [2.75, 3.05) is 19.6 Å². The number of nitrogens with zero attached hydrogens (tertiary/aromatic N) is 1. The number of hydrogen-bond acceptors (Lipinski definition) is 4. The monoisotopic (exact) mass is 339 g/mol. The van der Waals surface area contributed by atoms with Gasteiger partial charge in [-0.1, -0.05) is 12.5 Å². The predicted octanol–water partition coefficient (Wildman–Crippen LogP) is 1.25. The maximum Gasteiger partial charge on any atom is 0.249 e. The van der Waals surface area contributed by atoms with Crippen molar-refractivity contribution in [3.05, 3.63) is 29.3 Å². The van der Waals surface area contributed by atoms with Crippen LogP contribution in [0.15, 0.2) is 23.1 Å². The first-order chi connectivity index (χ1) is 10.8. The van der Waals surface area contributed by atoms with Crippen molar-refractivity contribution in [2.24, 2.45) is 5.73 Å². The number of amides is 1. The summed E-state index contributed by atoms with van der Waals surface area (Å²) >= 11 is 0. The molecule has 7 heteroatoms. The number of piperidine rings is 1. The van der Waals surface area contributed by atoms with Gasteiger partial charge in [-0.15, -0.1) is 0 Å². The number of likely N-dealkylation sites (tertiary alicyclic amines) is 1. The lowest BCUT2D eigenvalue weighted by Gasteiger charge is -2.33. The molecule has 0 unspecified atom stereocenters. The fourth-order valence-electron chi connectivity index (χ4n) is 2.93. The molecule has 1 atom stereocenters. The van der Waals surface area contributed by atoms with E-state index in [0.29, 0.717) is 24.7 Å². The van der Waals surface area contributed by atoms with Crippen molar-refractivity contribution in [3.8, 4) is 0 Å². The second-order valence-electron chi connectivity index (χ2n) is 6.12. The minimum absolute atomic E-state index is 0.0728. The Morgan fingerprint density at radius 1 is 1.39 bits per heavy atom. The van der Waals surface area contributed by atoms with Crippen LogP contribution in [0.4, 0.5) is 0 Å². The third-order valence-electron chi connectivity index (χ3n) is 4.42. The molecule has 0 aromatic heterocycles. The Balaban J connectivity index is 2.01. The van der Waals surface area contributed by atoms with Crippen LogP contribution in [0.3, 0.4) is 0 Å². The molecule has 0 aliphatic carbocycles. The maximum atomic E-state index is 12.4. The molecule has 1 fully saturated rings. The van der Waals surface area contributed by atoms with Crippen LogP contribution in [-0.2, 0) is 10.0 Å². The van der Waals surface area contributed by atoms with Crippen LogP contribution >= 0.6 is 0 Å². The molecule has 0 spiro atoms. The van der Waals surface area contributed by atoms with Gasteiger partial charge in [-0.2, -0.15) is 0 Å². The normalized spacial score (nSPS) is 19.7. The molecule has 1 aromatic rings. The van der Waals surface area contributed by atoms with Crippen LogP contribution in [0.5, 0.6) is 0 Å². The van der Waals surface area contributed by atoms with Gasteiger partial charge in [0.2, 0.25) is 15.9 Å². The number of carbonyl (C=O) groups excluding carboxylic acids is 1. The molecule has 1 aliphatic rings. The summed E-state index contributed by atoms with van der Waals surface area (Å²) in [7, 11) is -3.64. The van der Waals surface area contributed by atoms with E-state index in [9.17, 15) is 13.2 Å². The molecule has 6 nitrogen and oxygen atoms in total. The Hall–Kier alpha value is -1.44. The maximum absolute atomic E-state index is 12.4. The highest BCUT2D eigenvalue weighted by Crippen LogP contribution is 2.17. The number of benzene rings is 1. The highest BCUT2D eigenvalue weighted by Gasteiger charge is 2.20. The molecule has 2 rings (SSSR count). The van der Waals surface area contributed by atoms with Gasteiger partial charge in [-0.25, -0.2) is 13.1 Å². The van der Waals surface area contributed by atoms with E-state index in [2.05, 4.69) is 16.5 Å². The van der Waals surface area contributed by atoms with Gasteiger partial charge in [-0.3, -0.25) is 9.69 Å². The standard InChI is InChI=1S/C16H25N3O3S/c1-12-6-7-14(11-15(12)16(17)20)23(21,22)18-8-10-19-9-4-3-5-13(19)2/h6-7,11,13,18H,3-5,8-10H2,1-2H3,(H2,17,20)/t13-/m1/s1. The van der Waals surface area contributed by atoms with Gasteiger partial charge < -0.3 is 5.73 Å². The molecular weight excluding hydrogens is 314 g/mol. The fourth-order valence-corrected chi connectivity index (χ4v) is 3.98. The Labute approximate surface area is 138 Å². The molecule has 3 N–H and O–H groups in total. The highest BCUT2D eigenvalue weighted by atomic mass is 32.2. The smallest absolute Gasteiger partial charge is 0.249 e. The summed E-state index contributed by atoms with van der Waals surface area (Å²) in [6, 6.07) is 4.92. The van der Waals surface area contributed by atoms with E-state index in [1.54, 1.807) is 13.0 Å². The average molecular weight is 339 g/mol. The molecule has 0 saturated carbocycles. The number of rotatable bonds is 6. The SMILES string of the molecule is Cc1ccc(S(=O)(=O)NCCN2CCCC[C@H]2C)cc1C(N)=O. The summed E-state index contributed by atoms with van der Waals surface area (Å²) in [6.45, 7) is 5.95. The van der Waals surface area contributed by atoms with Crippen molar-refractivity contribution in [3.63, 3.8) is 0 Å². The zero-order chi connectivity index (χ0) is 17.0. The third kappa shape index (κ3) is 4.53. The summed E-state index contributed by atoms with van der Waals surface area (Å²) in [4.78, 5) is 13.7. The quantitative estimate of drug-likeness (QED) is 0.816. The van der Waals surface area contributed by atoms with E-state index in [4.69, 9.17) is 5.73 Å². The topological polar surface area (TPSA) is 92.5 Å². The molecule has 0 bridgehead atoms. The number of carbonyl (C=O) groups is 1. The van der Waals surface area contributed by atoms with Gasteiger partial charge in [0.25, 0.3) is 0 Å². The molecule has 1 amide bonds. The number of sulfonamides is 1. The number of hydrogen-bond donors (Lipinski definition) is 2. The molecule has 1 aromatic carbocycles. The average Bonchev–Trinajstić information content (AvgIpc) is 2.49. The van der Waals surface area contributed by atoms with Crippen molar-refractivity contribution in [1.82, 2.24) is 9.62 Å². The molecule has 1 heterocycles. The van der Waals surface area contributed by atoms with E-state index in [1.807, 2.05) is 0 Å². The minimum Gasteiger partial charge on any atom is -0.366 e. The largest absolute Gasteiger partial charge is 0.366 e. The fraction of sp³-hybridized carbons (Fsp3) is 0.562. The Kier molecular flexibility index (Phi) is 5.78. The van der Waals surface area contributed by atoms with Crippen LogP contribution in [0.2, 0.25) is 0 Å². The van der Waals surface area contributed by atoms with E-state index in [0.717, 1.165) is 19.4 Å². The van der Waals surface area contributed by atoms with E-state index < -0.39 is 15.9 Å². The summed E-state index contributed by atoms with van der Waals surface area (Å²) in [5.74, 6) is -0.623. The lowest BCUT2D eigenvalue weighted by atomic mass is 10.0. The van der Waals surface area contributed by atoms with Crippen molar-refractivity contribution >= 4 is 15.9 Å². The molecule has 0 radical (unpaired) electrons. The second kappa shape index (κ2) is 7.42. The molecule has 1 aliphatic heterocycles. The van der Waals surface area contributed by atoms with Gasteiger partial charge in [0.05, 0.1) is 4.90 Å². The van der Waals surface area contributed by atoms with Crippen LogP contribution in [0.1, 0.15) is 42.1 Å². The van der Waals surface area contributed by atoms with Crippen molar-refractivity contribution in [1.29, 1.82) is 0 Å². The van der Waals surface area contributed by atoms with Gasteiger partial charge in [-0.05, 0) is 50.9 Å². The van der Waals surface area contributed by atoms with Crippen LogP contribution in [0.25, 0.3) is 0 Å². The summed E-state index contributed by atoms with van der Waals surface area (Å²) in [6.07, 6.45) is 3.56. The third-order valence-corrected chi connectivity index (χ3v) is 5.88. The zero-order valence-corrected chi connectivity index (χ0v) is 14.5. The number of aryl methyl sites for hydroxylation is 1. The Morgan fingerprint density at radius 2 is 2.13 bits per heavy atom. The predicted molar refractivity (Wildman–Crippen MR) is 89.8 cm³/mol. The van der Waals surface area contributed by atoms with E-state index >= 15 is 0 Å². The molecule has 1 saturated heterocycles. The van der Waals surface area contributed by atoms with E-state index in [1.165, 1.54) is 18.6 Å². The number of primary amides is 1. The van der Waals surface area contributed by atoms with Crippen LogP contribution in [0, 0.1) is 6.92 Å². The van der Waals surface area contributed by atoms with Gasteiger partial charge in [0.15, 0.2) is 0 Å². The van der Waals surface area contributed by atoms with Crippen LogP contribution in [-0.4, -0.2) is 44.9 Å². The summed E-state index contributed by atoms with van der Waals surface area (Å²) in [5, 5.41) is 0. The Bertz CT molecular complexity index is 673. The summed E-state index contributed by atoms with van der Waals surface area (Å²) in [5.41, 5.74) is 6.18. The molecule has 128 valence electrons. The zero-order valence-electron chi connectivity index (χ0n) is 13.7. The first kappa shape index (κ1) is 17.9. The lowest BCUT2D eigenvalue weighted by molar-refractivity contribution is 0.0999. The van der Waals surface area contributed by atoms with E-state index in [-0.39, 0.29) is 10.5 Å². The van der Waals surface area contributed by atoms with Crippen molar-refractivity contribution in [2.45, 2.75) is 44.0 Å². The number of nitrogens with two attached hydrogens (primary N) is 1. The Morgan fingerprint density at radius 3 is 2.78 bits per heavy atom. The molecule has 23 heavy (non-hydrogen) atoms. The van der Waals surface area contributed by atoms with Gasteiger partial charge >= 0.3 is 0 Å².